The van der Waals surface area contributed by atoms with Gasteiger partial charge in [-0.2, -0.15) is 4.31 Å². The first-order chi connectivity index (χ1) is 15.1. The molecule has 3 rings (SSSR count). The highest BCUT2D eigenvalue weighted by Gasteiger charge is 2.29. The van der Waals surface area contributed by atoms with Crippen molar-refractivity contribution in [1.82, 2.24) is 4.31 Å². The average Bonchev–Trinajstić information content (AvgIpc) is 3.15. The van der Waals surface area contributed by atoms with E-state index in [2.05, 4.69) is 5.32 Å². The number of amides is 1. The standard InChI is InChI=1S/C21H25FN2O6S2/c1-13(2)10-14-12-31-20(18(14)21(26)29-3)23-19(25)16-11-15(4-5-17(16)22)32(27,28)24-6-8-30-9-7-24/h4-5,11-13H,6-10H2,1-3H3,(H,23,25). The Labute approximate surface area is 190 Å². The zero-order chi connectivity index (χ0) is 23.5. The summed E-state index contributed by atoms with van der Waals surface area (Å²) in [4.78, 5) is 25.0. The molecule has 1 aromatic heterocycles. The number of benzene rings is 1. The van der Waals surface area contributed by atoms with Crippen LogP contribution in [0.5, 0.6) is 0 Å². The van der Waals surface area contributed by atoms with Crippen molar-refractivity contribution in [1.29, 1.82) is 0 Å². The van der Waals surface area contributed by atoms with E-state index in [1.165, 1.54) is 11.4 Å². The quantitative estimate of drug-likeness (QED) is 0.606. The highest BCUT2D eigenvalue weighted by atomic mass is 32.2. The molecule has 2 heterocycles. The molecule has 0 aliphatic carbocycles. The first-order valence-electron chi connectivity index (χ1n) is 10.0. The molecule has 1 fully saturated rings. The van der Waals surface area contributed by atoms with Gasteiger partial charge in [0.2, 0.25) is 10.0 Å². The molecule has 0 bridgehead atoms. The van der Waals surface area contributed by atoms with Crippen LogP contribution < -0.4 is 5.32 Å². The maximum atomic E-state index is 14.5. The van der Waals surface area contributed by atoms with E-state index in [1.54, 1.807) is 5.38 Å². The van der Waals surface area contributed by atoms with Crippen LogP contribution in [0.1, 0.15) is 40.1 Å². The third kappa shape index (κ3) is 5.17. The Morgan fingerprint density at radius 1 is 1.28 bits per heavy atom. The van der Waals surface area contributed by atoms with Crippen molar-refractivity contribution in [3.05, 3.63) is 46.1 Å². The maximum Gasteiger partial charge on any atom is 0.341 e. The lowest BCUT2D eigenvalue weighted by Crippen LogP contribution is -2.40. The van der Waals surface area contributed by atoms with Crippen LogP contribution in [0, 0.1) is 11.7 Å². The highest BCUT2D eigenvalue weighted by Crippen LogP contribution is 2.31. The molecule has 2 aromatic rings. The number of methoxy groups -OCH3 is 1. The molecule has 32 heavy (non-hydrogen) atoms. The van der Waals surface area contributed by atoms with Gasteiger partial charge in [0.15, 0.2) is 0 Å². The van der Waals surface area contributed by atoms with Gasteiger partial charge in [-0.3, -0.25) is 4.79 Å². The number of morpholine rings is 1. The van der Waals surface area contributed by atoms with Crippen LogP contribution in [0.3, 0.4) is 0 Å². The number of esters is 1. The summed E-state index contributed by atoms with van der Waals surface area (Å²) in [6, 6.07) is 3.08. The normalized spacial score (nSPS) is 15.0. The van der Waals surface area contributed by atoms with Gasteiger partial charge >= 0.3 is 5.97 Å². The van der Waals surface area contributed by atoms with Crippen LogP contribution in [0.2, 0.25) is 0 Å². The van der Waals surface area contributed by atoms with Crippen molar-refractivity contribution in [2.45, 2.75) is 25.2 Å². The first kappa shape index (κ1) is 24.3. The van der Waals surface area contributed by atoms with Crippen molar-refractivity contribution in [2.75, 3.05) is 38.7 Å². The Hall–Kier alpha value is -2.34. The summed E-state index contributed by atoms with van der Waals surface area (Å²) in [5.41, 5.74) is 0.502. The number of nitrogens with one attached hydrogen (secondary N) is 1. The Morgan fingerprint density at radius 3 is 2.59 bits per heavy atom. The van der Waals surface area contributed by atoms with Gasteiger partial charge in [-0.05, 0) is 41.5 Å². The second-order valence-corrected chi connectivity index (χ2v) is 10.5. The Morgan fingerprint density at radius 2 is 1.97 bits per heavy atom. The molecule has 1 N–H and O–H groups in total. The number of nitrogens with zero attached hydrogens (tertiary/aromatic N) is 1. The number of sulfonamides is 1. The van der Waals surface area contributed by atoms with Crippen LogP contribution in [-0.2, 0) is 25.9 Å². The smallest absolute Gasteiger partial charge is 0.341 e. The van der Waals surface area contributed by atoms with Crippen molar-refractivity contribution >= 4 is 38.2 Å². The second kappa shape index (κ2) is 10.1. The first-order valence-corrected chi connectivity index (χ1v) is 12.3. The lowest BCUT2D eigenvalue weighted by Gasteiger charge is -2.26. The molecule has 1 aliphatic heterocycles. The fraction of sp³-hybridized carbons (Fsp3) is 0.429. The molecule has 174 valence electrons. The van der Waals surface area contributed by atoms with Gasteiger partial charge < -0.3 is 14.8 Å². The number of anilines is 1. The molecule has 1 aliphatic rings. The van der Waals surface area contributed by atoms with Gasteiger partial charge in [-0.25, -0.2) is 17.6 Å². The van der Waals surface area contributed by atoms with Crippen molar-refractivity contribution in [3.8, 4) is 0 Å². The highest BCUT2D eigenvalue weighted by molar-refractivity contribution is 7.89. The van der Waals surface area contributed by atoms with Crippen LogP contribution in [-0.4, -0.2) is 58.0 Å². The second-order valence-electron chi connectivity index (χ2n) is 7.67. The molecule has 1 saturated heterocycles. The SMILES string of the molecule is COC(=O)c1c(CC(C)C)csc1NC(=O)c1cc(S(=O)(=O)N2CCOCC2)ccc1F. The van der Waals surface area contributed by atoms with E-state index in [1.807, 2.05) is 13.8 Å². The van der Waals surface area contributed by atoms with Gasteiger partial charge in [0.05, 0.1) is 36.3 Å². The zero-order valence-corrected chi connectivity index (χ0v) is 19.6. The minimum Gasteiger partial charge on any atom is -0.465 e. The Kier molecular flexibility index (Phi) is 7.65. The third-order valence-corrected chi connectivity index (χ3v) is 7.74. The van der Waals surface area contributed by atoms with E-state index in [-0.39, 0.29) is 47.7 Å². The van der Waals surface area contributed by atoms with E-state index in [4.69, 9.17) is 9.47 Å². The van der Waals surface area contributed by atoms with Gasteiger partial charge in [-0.15, -0.1) is 11.3 Å². The molecule has 0 spiro atoms. The molecular weight excluding hydrogens is 459 g/mol. The lowest BCUT2D eigenvalue weighted by molar-refractivity contribution is 0.0601. The van der Waals surface area contributed by atoms with E-state index in [0.29, 0.717) is 6.42 Å². The molecule has 0 radical (unpaired) electrons. The minimum atomic E-state index is -3.91. The summed E-state index contributed by atoms with van der Waals surface area (Å²) in [6.07, 6.45) is 0.596. The van der Waals surface area contributed by atoms with Crippen LogP contribution >= 0.6 is 11.3 Å². The van der Waals surface area contributed by atoms with E-state index in [9.17, 15) is 22.4 Å². The zero-order valence-electron chi connectivity index (χ0n) is 18.0. The maximum absolute atomic E-state index is 14.5. The number of hydrogen-bond acceptors (Lipinski definition) is 7. The lowest BCUT2D eigenvalue weighted by atomic mass is 10.0. The largest absolute Gasteiger partial charge is 0.465 e. The number of carbonyl (C=O) groups is 2. The minimum absolute atomic E-state index is 0.178. The third-order valence-electron chi connectivity index (χ3n) is 4.90. The number of thiophene rings is 1. The fourth-order valence-corrected chi connectivity index (χ4v) is 5.74. The molecule has 1 aromatic carbocycles. The van der Waals surface area contributed by atoms with E-state index >= 15 is 0 Å². The number of rotatable bonds is 7. The molecule has 0 saturated carbocycles. The summed E-state index contributed by atoms with van der Waals surface area (Å²) in [5, 5.41) is 4.51. The monoisotopic (exact) mass is 484 g/mol. The van der Waals surface area contributed by atoms with Gasteiger partial charge in [-0.1, -0.05) is 13.8 Å². The van der Waals surface area contributed by atoms with Crippen molar-refractivity contribution < 1.29 is 31.9 Å². The predicted molar refractivity (Wildman–Crippen MR) is 118 cm³/mol. The van der Waals surface area contributed by atoms with E-state index in [0.717, 1.165) is 35.1 Å². The average molecular weight is 485 g/mol. The van der Waals surface area contributed by atoms with Crippen molar-refractivity contribution in [3.63, 3.8) is 0 Å². The van der Waals surface area contributed by atoms with Gasteiger partial charge in [0.1, 0.15) is 10.8 Å². The number of hydrogen-bond donors (Lipinski definition) is 1. The summed E-state index contributed by atoms with van der Waals surface area (Å²) in [6.45, 7) is 4.87. The molecule has 0 unspecified atom stereocenters. The number of carbonyl (C=O) groups excluding carboxylic acids is 2. The van der Waals surface area contributed by atoms with Gasteiger partial charge in [0.25, 0.3) is 5.91 Å². The van der Waals surface area contributed by atoms with E-state index < -0.39 is 33.3 Å². The Bertz CT molecular complexity index is 1110. The number of halogens is 1. The topological polar surface area (TPSA) is 102 Å². The number of ether oxygens (including phenoxy) is 2. The van der Waals surface area contributed by atoms with Crippen LogP contribution in [0.15, 0.2) is 28.5 Å². The van der Waals surface area contributed by atoms with Gasteiger partial charge in [0, 0.05) is 13.1 Å². The molecular formula is C21H25FN2O6S2. The molecule has 8 nitrogen and oxygen atoms in total. The molecule has 1 amide bonds. The predicted octanol–water partition coefficient (Wildman–Crippen LogP) is 3.15. The van der Waals surface area contributed by atoms with Crippen molar-refractivity contribution in [2.24, 2.45) is 5.92 Å². The summed E-state index contributed by atoms with van der Waals surface area (Å²) >= 11 is 1.13. The summed E-state index contributed by atoms with van der Waals surface area (Å²) in [7, 11) is -2.67. The Balaban J connectivity index is 1.91. The molecule has 11 heteroatoms. The van der Waals surface area contributed by atoms with Crippen LogP contribution in [0.4, 0.5) is 9.39 Å². The van der Waals surface area contributed by atoms with Crippen LogP contribution in [0.25, 0.3) is 0 Å². The summed E-state index contributed by atoms with van der Waals surface area (Å²) < 4.78 is 51.5. The fourth-order valence-electron chi connectivity index (χ4n) is 3.35. The molecule has 0 atom stereocenters. The summed E-state index contributed by atoms with van der Waals surface area (Å²) in [5.74, 6) is -2.08.